The van der Waals surface area contributed by atoms with E-state index in [0.717, 1.165) is 0 Å². The molecule has 80 valence electrons. The Morgan fingerprint density at radius 3 is 2.73 bits per heavy atom. The van der Waals surface area contributed by atoms with Crippen LogP contribution < -0.4 is 5.73 Å². The van der Waals surface area contributed by atoms with Crippen LogP contribution >= 0.6 is 0 Å². The molecule has 0 aromatic carbocycles. The third kappa shape index (κ3) is 2.48. The molecule has 15 heavy (non-hydrogen) atoms. The lowest BCUT2D eigenvalue weighted by atomic mass is 10.1. The van der Waals surface area contributed by atoms with Gasteiger partial charge in [0.25, 0.3) is 6.43 Å². The summed E-state index contributed by atoms with van der Waals surface area (Å²) in [4.78, 5) is 3.97. The summed E-state index contributed by atoms with van der Waals surface area (Å²) in [6.07, 6.45) is -2.72. The number of nitrogens with two attached hydrogens (primary N) is 1. The smallest absolute Gasteiger partial charge is 0.265 e. The van der Waals surface area contributed by atoms with Gasteiger partial charge in [-0.15, -0.1) is 0 Å². The van der Waals surface area contributed by atoms with E-state index in [0.29, 0.717) is 11.3 Å². The highest BCUT2D eigenvalue weighted by atomic mass is 19.3. The molecule has 0 saturated heterocycles. The van der Waals surface area contributed by atoms with Gasteiger partial charge in [0.1, 0.15) is 0 Å². The third-order valence-electron chi connectivity index (χ3n) is 2.13. The molecular weight excluding hydrogens is 200 g/mol. The van der Waals surface area contributed by atoms with Crippen LogP contribution in [-0.4, -0.2) is 4.98 Å². The predicted molar refractivity (Wildman–Crippen MR) is 51.1 cm³/mol. The van der Waals surface area contributed by atoms with Crippen LogP contribution in [0.15, 0.2) is 6.07 Å². The number of nitrogens with zero attached hydrogens (tertiary/aromatic N) is 2. The maximum Gasteiger partial charge on any atom is 0.265 e. The SMILES string of the molecule is Cc1nc(CC#N)c(C(F)F)cc1CN. The minimum atomic E-state index is -2.62. The molecule has 0 aliphatic heterocycles. The fourth-order valence-corrected chi connectivity index (χ4v) is 1.33. The van der Waals surface area contributed by atoms with Gasteiger partial charge < -0.3 is 5.73 Å². The normalized spacial score (nSPS) is 10.4. The van der Waals surface area contributed by atoms with Gasteiger partial charge in [0.2, 0.25) is 0 Å². The Labute approximate surface area is 86.5 Å². The van der Waals surface area contributed by atoms with Crippen LogP contribution in [0.2, 0.25) is 0 Å². The van der Waals surface area contributed by atoms with Crippen molar-refractivity contribution in [2.75, 3.05) is 0 Å². The molecule has 1 rings (SSSR count). The molecule has 1 aromatic rings. The average Bonchev–Trinajstić information content (AvgIpc) is 2.18. The quantitative estimate of drug-likeness (QED) is 0.829. The van der Waals surface area contributed by atoms with Gasteiger partial charge in [-0.25, -0.2) is 8.78 Å². The van der Waals surface area contributed by atoms with Gasteiger partial charge in [-0.3, -0.25) is 4.98 Å². The first kappa shape index (κ1) is 11.5. The molecule has 3 nitrogen and oxygen atoms in total. The number of alkyl halides is 2. The largest absolute Gasteiger partial charge is 0.326 e. The van der Waals surface area contributed by atoms with Crippen LogP contribution in [0.25, 0.3) is 0 Å². The van der Waals surface area contributed by atoms with Gasteiger partial charge >= 0.3 is 0 Å². The summed E-state index contributed by atoms with van der Waals surface area (Å²) in [5.74, 6) is 0. The van der Waals surface area contributed by atoms with Crippen molar-refractivity contribution < 1.29 is 8.78 Å². The lowest BCUT2D eigenvalue weighted by Gasteiger charge is -2.10. The van der Waals surface area contributed by atoms with Crippen LogP contribution in [0, 0.1) is 18.3 Å². The summed E-state index contributed by atoms with van der Waals surface area (Å²) >= 11 is 0. The third-order valence-corrected chi connectivity index (χ3v) is 2.13. The molecule has 2 N–H and O–H groups in total. The molecule has 0 spiro atoms. The highest BCUT2D eigenvalue weighted by Crippen LogP contribution is 2.24. The number of aryl methyl sites for hydroxylation is 1. The monoisotopic (exact) mass is 211 g/mol. The highest BCUT2D eigenvalue weighted by molar-refractivity contribution is 5.32. The number of pyridine rings is 1. The van der Waals surface area contributed by atoms with Crippen molar-refractivity contribution in [1.82, 2.24) is 4.98 Å². The van der Waals surface area contributed by atoms with Crippen molar-refractivity contribution >= 4 is 0 Å². The van der Waals surface area contributed by atoms with E-state index in [1.165, 1.54) is 6.07 Å². The van der Waals surface area contributed by atoms with Gasteiger partial charge in [-0.2, -0.15) is 5.26 Å². The lowest BCUT2D eigenvalue weighted by Crippen LogP contribution is -2.07. The van der Waals surface area contributed by atoms with E-state index in [1.807, 2.05) is 6.07 Å². The standard InChI is InChI=1S/C10H11F2N3/c1-6-7(5-14)4-8(10(11)12)9(15-6)2-3-13/h4,10H,2,5,14H2,1H3. The van der Waals surface area contributed by atoms with Gasteiger partial charge in [-0.05, 0) is 18.6 Å². The highest BCUT2D eigenvalue weighted by Gasteiger charge is 2.16. The Bertz CT molecular complexity index is 396. The second kappa shape index (κ2) is 4.80. The number of nitriles is 1. The van der Waals surface area contributed by atoms with E-state index in [2.05, 4.69) is 4.98 Å². The van der Waals surface area contributed by atoms with E-state index in [1.54, 1.807) is 6.92 Å². The number of aromatic nitrogens is 1. The van der Waals surface area contributed by atoms with E-state index >= 15 is 0 Å². The van der Waals surface area contributed by atoms with Crippen LogP contribution in [0.5, 0.6) is 0 Å². The Kier molecular flexibility index (Phi) is 3.69. The van der Waals surface area contributed by atoms with Gasteiger partial charge in [0.05, 0.1) is 18.2 Å². The van der Waals surface area contributed by atoms with Crippen LogP contribution in [0.4, 0.5) is 8.78 Å². The van der Waals surface area contributed by atoms with Gasteiger partial charge in [-0.1, -0.05) is 0 Å². The van der Waals surface area contributed by atoms with E-state index in [4.69, 9.17) is 11.0 Å². The first-order valence-corrected chi connectivity index (χ1v) is 4.44. The maximum atomic E-state index is 12.6. The molecule has 0 saturated carbocycles. The predicted octanol–water partition coefficient (Wildman–Crippen LogP) is 1.85. The van der Waals surface area contributed by atoms with Gasteiger partial charge in [0.15, 0.2) is 0 Å². The Balaban J connectivity index is 3.26. The summed E-state index contributed by atoms with van der Waals surface area (Å²) < 4.78 is 25.2. The van der Waals surface area contributed by atoms with Crippen molar-refractivity contribution in [3.05, 3.63) is 28.6 Å². The van der Waals surface area contributed by atoms with Crippen molar-refractivity contribution in [2.45, 2.75) is 26.3 Å². The van der Waals surface area contributed by atoms with E-state index < -0.39 is 6.43 Å². The van der Waals surface area contributed by atoms with Crippen LogP contribution in [-0.2, 0) is 13.0 Å². The Hall–Kier alpha value is -1.54. The minimum Gasteiger partial charge on any atom is -0.326 e. The van der Waals surface area contributed by atoms with Crippen molar-refractivity contribution in [2.24, 2.45) is 5.73 Å². The zero-order valence-corrected chi connectivity index (χ0v) is 8.30. The molecule has 1 aromatic heterocycles. The van der Waals surface area contributed by atoms with Crippen molar-refractivity contribution in [3.63, 3.8) is 0 Å². The first-order chi connectivity index (χ1) is 7.10. The van der Waals surface area contributed by atoms with Crippen LogP contribution in [0.1, 0.15) is 28.9 Å². The molecular formula is C10H11F2N3. The topological polar surface area (TPSA) is 62.7 Å². The Morgan fingerprint density at radius 2 is 2.27 bits per heavy atom. The molecule has 1 heterocycles. The molecule has 0 aliphatic carbocycles. The molecule has 0 amide bonds. The van der Waals surface area contributed by atoms with Crippen molar-refractivity contribution in [3.8, 4) is 6.07 Å². The summed E-state index contributed by atoms with van der Waals surface area (Å²) in [6, 6.07) is 3.15. The van der Waals surface area contributed by atoms with E-state index in [-0.39, 0.29) is 24.2 Å². The molecule has 0 unspecified atom stereocenters. The maximum absolute atomic E-state index is 12.6. The first-order valence-electron chi connectivity index (χ1n) is 4.44. The fraction of sp³-hybridized carbons (Fsp3) is 0.400. The molecule has 0 bridgehead atoms. The van der Waals surface area contributed by atoms with E-state index in [9.17, 15) is 8.78 Å². The second-order valence-corrected chi connectivity index (χ2v) is 3.11. The summed E-state index contributed by atoms with van der Waals surface area (Å²) in [5.41, 5.74) is 6.54. The van der Waals surface area contributed by atoms with Crippen molar-refractivity contribution in [1.29, 1.82) is 5.26 Å². The number of halogens is 2. The number of hydrogen-bond acceptors (Lipinski definition) is 3. The summed E-state index contributed by atoms with van der Waals surface area (Å²) in [5, 5.41) is 8.48. The summed E-state index contributed by atoms with van der Waals surface area (Å²) in [7, 11) is 0. The Morgan fingerprint density at radius 1 is 1.60 bits per heavy atom. The minimum absolute atomic E-state index is 0.106. The number of hydrogen-bond donors (Lipinski definition) is 1. The average molecular weight is 211 g/mol. The molecule has 0 atom stereocenters. The zero-order valence-electron chi connectivity index (χ0n) is 8.30. The summed E-state index contributed by atoms with van der Waals surface area (Å²) in [6.45, 7) is 1.86. The molecule has 0 aliphatic rings. The molecule has 0 radical (unpaired) electrons. The second-order valence-electron chi connectivity index (χ2n) is 3.11. The molecule has 0 fully saturated rings. The fourth-order valence-electron chi connectivity index (χ4n) is 1.33. The zero-order chi connectivity index (χ0) is 11.4. The number of rotatable bonds is 3. The van der Waals surface area contributed by atoms with Crippen LogP contribution in [0.3, 0.4) is 0 Å². The lowest BCUT2D eigenvalue weighted by molar-refractivity contribution is 0.149. The molecule has 5 heteroatoms. The van der Waals surface area contributed by atoms with Gasteiger partial charge in [0, 0.05) is 17.8 Å².